The van der Waals surface area contributed by atoms with Gasteiger partial charge < -0.3 is 9.64 Å². The number of piperidine rings is 1. The van der Waals surface area contributed by atoms with E-state index in [1.54, 1.807) is 0 Å². The van der Waals surface area contributed by atoms with Crippen molar-refractivity contribution in [3.05, 3.63) is 17.5 Å². The summed E-state index contributed by atoms with van der Waals surface area (Å²) in [5.41, 5.74) is 2.43. The zero-order valence-corrected chi connectivity index (χ0v) is 14.6. The Kier molecular flexibility index (Phi) is 4.43. The van der Waals surface area contributed by atoms with Crippen LogP contribution in [-0.2, 0) is 18.3 Å². The quantitative estimate of drug-likeness (QED) is 0.845. The van der Waals surface area contributed by atoms with Crippen LogP contribution in [0.3, 0.4) is 0 Å². The van der Waals surface area contributed by atoms with Gasteiger partial charge in [-0.2, -0.15) is 5.10 Å². The molecule has 3 saturated heterocycles. The lowest BCUT2D eigenvalue weighted by atomic mass is 9.92. The van der Waals surface area contributed by atoms with Crippen LogP contribution in [0.5, 0.6) is 0 Å². The van der Waals surface area contributed by atoms with Gasteiger partial charge in [-0.3, -0.25) is 9.58 Å². The first kappa shape index (κ1) is 15.6. The minimum absolute atomic E-state index is 0.458. The molecule has 23 heavy (non-hydrogen) atoms. The van der Waals surface area contributed by atoms with Crippen LogP contribution in [0.15, 0.2) is 6.07 Å². The zero-order valence-electron chi connectivity index (χ0n) is 14.6. The minimum Gasteiger partial charge on any atom is -0.376 e. The third kappa shape index (κ3) is 3.32. The normalized spacial score (nSPS) is 32.5. The highest BCUT2D eigenvalue weighted by molar-refractivity contribution is 5.09. The topological polar surface area (TPSA) is 33.5 Å². The van der Waals surface area contributed by atoms with Crippen molar-refractivity contribution < 1.29 is 4.74 Å². The fraction of sp³-hybridized carbons (Fsp3) is 0.833. The standard InChI is InChI=1S/C18H30N4O/c1-14-8-16(20(2)19-14)10-22-11-17-15(13-23-18(17)12-22)9-21-6-4-3-5-7-21/h8,15,17-18H,3-7,9-13H2,1-2H3/t15-,17+,18+/m0/s1. The van der Waals surface area contributed by atoms with Gasteiger partial charge in [-0.1, -0.05) is 6.42 Å². The molecule has 0 spiro atoms. The smallest absolute Gasteiger partial charge is 0.0746 e. The van der Waals surface area contributed by atoms with E-state index in [9.17, 15) is 0 Å². The molecule has 3 aliphatic rings. The van der Waals surface area contributed by atoms with Gasteiger partial charge in [0.25, 0.3) is 0 Å². The van der Waals surface area contributed by atoms with E-state index in [2.05, 4.69) is 34.9 Å². The Balaban J connectivity index is 1.34. The van der Waals surface area contributed by atoms with E-state index < -0.39 is 0 Å². The monoisotopic (exact) mass is 318 g/mol. The van der Waals surface area contributed by atoms with Crippen molar-refractivity contribution in [3.63, 3.8) is 0 Å². The second-order valence-corrected chi connectivity index (χ2v) is 7.75. The van der Waals surface area contributed by atoms with Gasteiger partial charge in [0.15, 0.2) is 0 Å². The lowest BCUT2D eigenvalue weighted by Crippen LogP contribution is -2.37. The summed E-state index contributed by atoms with van der Waals surface area (Å²) in [5.74, 6) is 1.46. The number of nitrogens with zero attached hydrogens (tertiary/aromatic N) is 4. The Morgan fingerprint density at radius 2 is 2.00 bits per heavy atom. The molecule has 3 fully saturated rings. The van der Waals surface area contributed by atoms with E-state index in [-0.39, 0.29) is 0 Å². The van der Waals surface area contributed by atoms with Crippen LogP contribution in [-0.4, -0.2) is 65.0 Å². The highest BCUT2D eigenvalue weighted by Crippen LogP contribution is 2.35. The fourth-order valence-corrected chi connectivity index (χ4v) is 4.71. The Morgan fingerprint density at radius 3 is 2.74 bits per heavy atom. The number of fused-ring (bicyclic) bond motifs is 1. The predicted octanol–water partition coefficient (Wildman–Crippen LogP) is 1.66. The van der Waals surface area contributed by atoms with Gasteiger partial charge in [-0.05, 0) is 38.9 Å². The van der Waals surface area contributed by atoms with Crippen molar-refractivity contribution in [3.8, 4) is 0 Å². The molecule has 0 radical (unpaired) electrons. The molecular weight excluding hydrogens is 288 g/mol. The number of aromatic nitrogens is 2. The number of rotatable bonds is 4. The maximum atomic E-state index is 6.14. The molecule has 3 aliphatic heterocycles. The second-order valence-electron chi connectivity index (χ2n) is 7.75. The molecule has 0 aliphatic carbocycles. The maximum absolute atomic E-state index is 6.14. The van der Waals surface area contributed by atoms with Crippen molar-refractivity contribution in [2.45, 2.75) is 38.8 Å². The number of aryl methyl sites for hydroxylation is 2. The average molecular weight is 318 g/mol. The molecule has 5 heteroatoms. The summed E-state index contributed by atoms with van der Waals surface area (Å²) in [5, 5.41) is 4.47. The Hall–Kier alpha value is -0.910. The van der Waals surface area contributed by atoms with Gasteiger partial charge in [0.05, 0.1) is 24.1 Å². The van der Waals surface area contributed by atoms with Gasteiger partial charge in [0.1, 0.15) is 0 Å². The van der Waals surface area contributed by atoms with E-state index in [1.807, 2.05) is 4.68 Å². The van der Waals surface area contributed by atoms with Crippen LogP contribution in [0, 0.1) is 18.8 Å². The minimum atomic E-state index is 0.458. The average Bonchev–Trinajstić information content (AvgIpc) is 3.18. The van der Waals surface area contributed by atoms with Gasteiger partial charge in [0, 0.05) is 45.1 Å². The number of likely N-dealkylation sites (tertiary alicyclic amines) is 2. The van der Waals surface area contributed by atoms with Gasteiger partial charge in [-0.15, -0.1) is 0 Å². The highest BCUT2D eigenvalue weighted by atomic mass is 16.5. The summed E-state index contributed by atoms with van der Waals surface area (Å²) < 4.78 is 8.17. The molecule has 4 rings (SSSR count). The van der Waals surface area contributed by atoms with Crippen LogP contribution < -0.4 is 0 Å². The van der Waals surface area contributed by atoms with Crippen LogP contribution in [0.25, 0.3) is 0 Å². The molecule has 0 aromatic carbocycles. The molecule has 0 saturated carbocycles. The fourth-order valence-electron chi connectivity index (χ4n) is 4.71. The van der Waals surface area contributed by atoms with Crippen molar-refractivity contribution in [2.24, 2.45) is 18.9 Å². The molecule has 1 aromatic rings. The maximum Gasteiger partial charge on any atom is 0.0746 e. The number of hydrogen-bond donors (Lipinski definition) is 0. The summed E-state index contributed by atoms with van der Waals surface area (Å²) in [6, 6.07) is 2.21. The van der Waals surface area contributed by atoms with Crippen molar-refractivity contribution >= 4 is 0 Å². The Morgan fingerprint density at radius 1 is 1.17 bits per heavy atom. The SMILES string of the molecule is Cc1cc(CN2C[C@@H]3[C@@H](CN4CCCCC4)CO[C@@H]3C2)n(C)n1. The van der Waals surface area contributed by atoms with E-state index >= 15 is 0 Å². The van der Waals surface area contributed by atoms with Crippen molar-refractivity contribution in [2.75, 3.05) is 39.3 Å². The Bertz CT molecular complexity index is 537. The van der Waals surface area contributed by atoms with Crippen molar-refractivity contribution in [1.29, 1.82) is 0 Å². The number of ether oxygens (including phenoxy) is 1. The number of hydrogen-bond acceptors (Lipinski definition) is 4. The van der Waals surface area contributed by atoms with Gasteiger partial charge in [-0.25, -0.2) is 0 Å². The molecule has 4 heterocycles. The molecule has 1 aromatic heterocycles. The van der Waals surface area contributed by atoms with Crippen LogP contribution in [0.1, 0.15) is 30.7 Å². The van der Waals surface area contributed by atoms with Gasteiger partial charge >= 0.3 is 0 Å². The predicted molar refractivity (Wildman–Crippen MR) is 90.2 cm³/mol. The van der Waals surface area contributed by atoms with E-state index in [0.717, 1.165) is 37.2 Å². The van der Waals surface area contributed by atoms with Crippen LogP contribution in [0.4, 0.5) is 0 Å². The largest absolute Gasteiger partial charge is 0.376 e. The first-order valence-electron chi connectivity index (χ1n) is 9.25. The third-order valence-electron chi connectivity index (χ3n) is 5.94. The van der Waals surface area contributed by atoms with Crippen molar-refractivity contribution in [1.82, 2.24) is 19.6 Å². The Labute approximate surface area is 139 Å². The molecule has 128 valence electrons. The van der Waals surface area contributed by atoms with Gasteiger partial charge in [0.2, 0.25) is 0 Å². The van der Waals surface area contributed by atoms with E-state index in [4.69, 9.17) is 4.74 Å². The molecule has 0 unspecified atom stereocenters. The van der Waals surface area contributed by atoms with E-state index in [1.165, 1.54) is 51.1 Å². The summed E-state index contributed by atoms with van der Waals surface area (Å²) in [4.78, 5) is 5.24. The first-order chi connectivity index (χ1) is 11.2. The summed E-state index contributed by atoms with van der Waals surface area (Å²) >= 11 is 0. The first-order valence-corrected chi connectivity index (χ1v) is 9.25. The molecule has 0 N–H and O–H groups in total. The van der Waals surface area contributed by atoms with Crippen LogP contribution in [0.2, 0.25) is 0 Å². The summed E-state index contributed by atoms with van der Waals surface area (Å²) in [6.07, 6.45) is 4.64. The molecular formula is C18H30N4O. The second kappa shape index (κ2) is 6.54. The summed E-state index contributed by atoms with van der Waals surface area (Å²) in [6.45, 7) is 10.2. The van der Waals surface area contributed by atoms with E-state index in [0.29, 0.717) is 6.10 Å². The molecule has 5 nitrogen and oxygen atoms in total. The summed E-state index contributed by atoms with van der Waals surface area (Å²) in [7, 11) is 2.05. The lowest BCUT2D eigenvalue weighted by Gasteiger charge is -2.30. The zero-order chi connectivity index (χ0) is 15.8. The molecule has 3 atom stereocenters. The van der Waals surface area contributed by atoms with Crippen LogP contribution >= 0.6 is 0 Å². The lowest BCUT2D eigenvalue weighted by molar-refractivity contribution is 0.0887. The molecule has 0 amide bonds. The molecule has 0 bridgehead atoms. The highest BCUT2D eigenvalue weighted by Gasteiger charge is 2.44. The third-order valence-corrected chi connectivity index (χ3v) is 5.94.